The van der Waals surface area contributed by atoms with Crippen molar-refractivity contribution in [2.45, 2.75) is 25.4 Å². The predicted molar refractivity (Wildman–Crippen MR) is 108 cm³/mol. The van der Waals surface area contributed by atoms with Gasteiger partial charge in [-0.3, -0.25) is 21.0 Å². The SMILES string of the molecule is NNC1CCCN(Cc2cccc(-c3cc4c(Cl)c(C=O)cnc4[nH]3)c2)C1. The van der Waals surface area contributed by atoms with Gasteiger partial charge in [0.15, 0.2) is 6.29 Å². The lowest BCUT2D eigenvalue weighted by Gasteiger charge is -2.32. The summed E-state index contributed by atoms with van der Waals surface area (Å²) in [4.78, 5) is 21.1. The van der Waals surface area contributed by atoms with Crippen LogP contribution in [0.4, 0.5) is 0 Å². The van der Waals surface area contributed by atoms with E-state index >= 15 is 0 Å². The van der Waals surface area contributed by atoms with E-state index in [-0.39, 0.29) is 0 Å². The van der Waals surface area contributed by atoms with Crippen molar-refractivity contribution in [3.63, 3.8) is 0 Å². The Hall–Kier alpha value is -2.25. The van der Waals surface area contributed by atoms with Gasteiger partial charge in [-0.2, -0.15) is 0 Å². The smallest absolute Gasteiger partial charge is 0.153 e. The number of carbonyl (C=O) groups is 1. The van der Waals surface area contributed by atoms with Gasteiger partial charge >= 0.3 is 0 Å². The number of aldehydes is 1. The number of pyridine rings is 1. The second-order valence-electron chi connectivity index (χ2n) is 7.03. The number of hydrazine groups is 1. The lowest BCUT2D eigenvalue weighted by atomic mass is 10.0. The van der Waals surface area contributed by atoms with Crippen LogP contribution >= 0.6 is 11.6 Å². The molecule has 7 heteroatoms. The highest BCUT2D eigenvalue weighted by Gasteiger charge is 2.19. The number of rotatable bonds is 5. The van der Waals surface area contributed by atoms with Crippen molar-refractivity contribution in [2.75, 3.05) is 13.1 Å². The molecule has 140 valence electrons. The lowest BCUT2D eigenvalue weighted by molar-refractivity contribution is 0.112. The fourth-order valence-corrected chi connectivity index (χ4v) is 3.96. The number of carbonyl (C=O) groups excluding carboxylic acids is 1. The largest absolute Gasteiger partial charge is 0.339 e. The van der Waals surface area contributed by atoms with Crippen LogP contribution < -0.4 is 11.3 Å². The molecule has 1 saturated heterocycles. The molecule has 0 saturated carbocycles. The Balaban J connectivity index is 1.60. The molecule has 0 aliphatic carbocycles. The van der Waals surface area contributed by atoms with E-state index in [1.54, 1.807) is 0 Å². The molecule has 1 fully saturated rings. The molecule has 1 unspecified atom stereocenters. The van der Waals surface area contributed by atoms with Crippen molar-refractivity contribution in [3.8, 4) is 11.3 Å². The summed E-state index contributed by atoms with van der Waals surface area (Å²) in [7, 11) is 0. The average molecular weight is 384 g/mol. The van der Waals surface area contributed by atoms with Crippen molar-refractivity contribution in [1.82, 2.24) is 20.3 Å². The number of piperidine rings is 1. The van der Waals surface area contributed by atoms with Crippen LogP contribution in [0.15, 0.2) is 36.5 Å². The van der Waals surface area contributed by atoms with Gasteiger partial charge in [-0.05, 0) is 42.6 Å². The highest BCUT2D eigenvalue weighted by atomic mass is 35.5. The molecular weight excluding hydrogens is 362 g/mol. The van der Waals surface area contributed by atoms with Crippen molar-refractivity contribution in [3.05, 3.63) is 52.7 Å². The topological polar surface area (TPSA) is 87.0 Å². The molecule has 0 amide bonds. The summed E-state index contributed by atoms with van der Waals surface area (Å²) in [5.74, 6) is 5.61. The minimum absolute atomic E-state index is 0.357. The molecule has 2 aromatic heterocycles. The van der Waals surface area contributed by atoms with E-state index in [0.717, 1.165) is 55.4 Å². The summed E-state index contributed by atoms with van der Waals surface area (Å²) in [6.45, 7) is 2.93. The molecule has 0 bridgehead atoms. The fraction of sp³-hybridized carbons (Fsp3) is 0.300. The zero-order valence-corrected chi connectivity index (χ0v) is 15.7. The summed E-state index contributed by atoms with van der Waals surface area (Å²) in [5, 5.41) is 1.19. The maximum Gasteiger partial charge on any atom is 0.153 e. The molecule has 6 nitrogen and oxygen atoms in total. The first-order chi connectivity index (χ1) is 13.2. The number of aromatic amines is 1. The predicted octanol–water partition coefficient (Wildman–Crippen LogP) is 3.12. The molecule has 0 radical (unpaired) electrons. The van der Waals surface area contributed by atoms with Crippen LogP contribution in [0.5, 0.6) is 0 Å². The monoisotopic (exact) mass is 383 g/mol. The Labute approximate surface area is 162 Å². The van der Waals surface area contributed by atoms with Crippen LogP contribution in [0.1, 0.15) is 28.8 Å². The lowest BCUT2D eigenvalue weighted by Crippen LogP contribution is -2.47. The number of hydrogen-bond donors (Lipinski definition) is 3. The first-order valence-corrected chi connectivity index (χ1v) is 9.46. The standard InChI is InChI=1S/C20H22ClN5O/c21-19-15(12-27)9-23-20-17(19)8-18(24-20)14-4-1-3-13(7-14)10-26-6-2-5-16(11-26)25-22/h1,3-4,7-9,12,16,25H,2,5-6,10-11,22H2,(H,23,24). The molecule has 1 atom stereocenters. The van der Waals surface area contributed by atoms with Gasteiger partial charge < -0.3 is 4.98 Å². The van der Waals surface area contributed by atoms with Gasteiger partial charge in [-0.15, -0.1) is 0 Å². The van der Waals surface area contributed by atoms with Gasteiger partial charge in [-0.1, -0.05) is 29.8 Å². The van der Waals surface area contributed by atoms with E-state index < -0.39 is 0 Å². The highest BCUT2D eigenvalue weighted by Crippen LogP contribution is 2.30. The van der Waals surface area contributed by atoms with Crippen molar-refractivity contribution in [2.24, 2.45) is 5.84 Å². The number of likely N-dealkylation sites (tertiary alicyclic amines) is 1. The van der Waals surface area contributed by atoms with Crippen molar-refractivity contribution >= 4 is 28.9 Å². The molecule has 1 aliphatic heterocycles. The van der Waals surface area contributed by atoms with Gasteiger partial charge in [-0.25, -0.2) is 4.98 Å². The van der Waals surface area contributed by atoms with E-state index in [1.165, 1.54) is 11.8 Å². The third kappa shape index (κ3) is 3.75. The zero-order valence-electron chi connectivity index (χ0n) is 14.9. The molecule has 27 heavy (non-hydrogen) atoms. The zero-order chi connectivity index (χ0) is 18.8. The Bertz CT molecular complexity index is 970. The molecule has 0 spiro atoms. The molecule has 4 N–H and O–H groups in total. The van der Waals surface area contributed by atoms with E-state index in [0.29, 0.717) is 22.3 Å². The van der Waals surface area contributed by atoms with Gasteiger partial charge in [0.05, 0.1) is 10.6 Å². The van der Waals surface area contributed by atoms with Gasteiger partial charge in [0.2, 0.25) is 0 Å². The van der Waals surface area contributed by atoms with Gasteiger partial charge in [0.25, 0.3) is 0 Å². The van der Waals surface area contributed by atoms with E-state index in [4.69, 9.17) is 17.4 Å². The number of H-pyrrole nitrogens is 1. The molecule has 4 rings (SSSR count). The molecule has 1 aliphatic rings. The number of nitrogens with one attached hydrogen (secondary N) is 2. The third-order valence-electron chi connectivity index (χ3n) is 5.13. The number of nitrogens with zero attached hydrogens (tertiary/aromatic N) is 2. The normalized spacial score (nSPS) is 18.1. The number of fused-ring (bicyclic) bond motifs is 1. The Morgan fingerprint density at radius 2 is 2.30 bits per heavy atom. The quantitative estimate of drug-likeness (QED) is 0.358. The van der Waals surface area contributed by atoms with Gasteiger partial charge in [0, 0.05) is 36.4 Å². The number of nitrogens with two attached hydrogens (primary N) is 1. The first kappa shape index (κ1) is 18.1. The maximum atomic E-state index is 11.1. The van der Waals surface area contributed by atoms with Crippen LogP contribution in [-0.2, 0) is 6.54 Å². The van der Waals surface area contributed by atoms with E-state index in [2.05, 4.69) is 44.6 Å². The molecule has 3 heterocycles. The average Bonchev–Trinajstić information content (AvgIpc) is 3.14. The van der Waals surface area contributed by atoms with Crippen molar-refractivity contribution in [1.29, 1.82) is 0 Å². The first-order valence-electron chi connectivity index (χ1n) is 9.08. The van der Waals surface area contributed by atoms with E-state index in [9.17, 15) is 4.79 Å². The van der Waals surface area contributed by atoms with Crippen LogP contribution in [0, 0.1) is 0 Å². The van der Waals surface area contributed by atoms with E-state index in [1.807, 2.05) is 6.07 Å². The van der Waals surface area contributed by atoms with Crippen molar-refractivity contribution < 1.29 is 4.79 Å². The number of hydrogen-bond acceptors (Lipinski definition) is 5. The summed E-state index contributed by atoms with van der Waals surface area (Å²) >= 11 is 6.32. The fourth-order valence-electron chi connectivity index (χ4n) is 3.73. The van der Waals surface area contributed by atoms with Crippen LogP contribution in [0.3, 0.4) is 0 Å². The number of halogens is 1. The summed E-state index contributed by atoms with van der Waals surface area (Å²) in [5.41, 5.74) is 7.23. The van der Waals surface area contributed by atoms with Crippen LogP contribution in [-0.4, -0.2) is 40.3 Å². The Kier molecular flexibility index (Phi) is 5.22. The third-order valence-corrected chi connectivity index (χ3v) is 5.55. The Morgan fingerprint density at radius 3 is 3.11 bits per heavy atom. The van der Waals surface area contributed by atoms with Gasteiger partial charge in [0.1, 0.15) is 5.65 Å². The highest BCUT2D eigenvalue weighted by molar-refractivity contribution is 6.37. The maximum absolute atomic E-state index is 11.1. The summed E-state index contributed by atoms with van der Waals surface area (Å²) in [6, 6.07) is 10.7. The second-order valence-corrected chi connectivity index (χ2v) is 7.41. The molecular formula is C20H22ClN5O. The summed E-state index contributed by atoms with van der Waals surface area (Å²) in [6.07, 6.45) is 4.50. The van der Waals surface area contributed by atoms with Crippen LogP contribution in [0.2, 0.25) is 5.02 Å². The molecule has 1 aromatic carbocycles. The minimum Gasteiger partial charge on any atom is -0.339 e. The summed E-state index contributed by atoms with van der Waals surface area (Å²) < 4.78 is 0. The number of benzene rings is 1. The molecule has 3 aromatic rings. The Morgan fingerprint density at radius 1 is 1.41 bits per heavy atom. The second kappa shape index (κ2) is 7.78. The minimum atomic E-state index is 0.357. The number of aromatic nitrogens is 2. The van der Waals surface area contributed by atoms with Crippen LogP contribution in [0.25, 0.3) is 22.3 Å².